The minimum absolute atomic E-state index is 0.0284. The molecule has 4 unspecified atom stereocenters. The van der Waals surface area contributed by atoms with Gasteiger partial charge in [-0.15, -0.1) is 23.5 Å². The molecule has 3 saturated heterocycles. The Labute approximate surface area is 204 Å². The molecular weight excluding hydrogens is 440 g/mol. The molecule has 4 rings (SSSR count). The summed E-state index contributed by atoms with van der Waals surface area (Å²) in [6.45, 7) is 9.16. The molecule has 184 valence electrons. The van der Waals surface area contributed by atoms with Gasteiger partial charge in [-0.3, -0.25) is 0 Å². The van der Waals surface area contributed by atoms with Crippen molar-refractivity contribution in [3.8, 4) is 0 Å². The van der Waals surface area contributed by atoms with Gasteiger partial charge in [0.05, 0.1) is 23.9 Å². The fourth-order valence-corrected chi connectivity index (χ4v) is 8.35. The first-order valence-corrected chi connectivity index (χ1v) is 15.1. The normalized spacial score (nSPS) is 33.9. The van der Waals surface area contributed by atoms with Crippen LogP contribution in [0, 0.1) is 17.3 Å². The first kappa shape index (κ1) is 25.4. The molecule has 4 aliphatic rings. The predicted octanol–water partition coefficient (Wildman–Crippen LogP) is 6.64. The van der Waals surface area contributed by atoms with Crippen molar-refractivity contribution in [2.75, 3.05) is 31.3 Å². The fraction of sp³-hybridized carbons (Fsp3) is 0.923. The third kappa shape index (κ3) is 6.69. The number of hydrogen-bond acceptors (Lipinski definition) is 6. The molecule has 0 amide bonds. The van der Waals surface area contributed by atoms with Crippen LogP contribution in [-0.4, -0.2) is 54.1 Å². The van der Waals surface area contributed by atoms with Gasteiger partial charge in [0.2, 0.25) is 0 Å². The van der Waals surface area contributed by atoms with E-state index in [0.29, 0.717) is 11.8 Å². The van der Waals surface area contributed by atoms with Crippen LogP contribution in [0.2, 0.25) is 0 Å². The first-order chi connectivity index (χ1) is 15.5. The van der Waals surface area contributed by atoms with Crippen LogP contribution in [0.3, 0.4) is 0 Å². The quantitative estimate of drug-likeness (QED) is 0.342. The lowest BCUT2D eigenvalue weighted by Gasteiger charge is -2.45. The third-order valence-corrected chi connectivity index (χ3v) is 10.5. The number of rotatable bonds is 9. The van der Waals surface area contributed by atoms with E-state index in [1.54, 1.807) is 0 Å². The summed E-state index contributed by atoms with van der Waals surface area (Å²) >= 11 is 4.27. The second kappa shape index (κ2) is 11.8. The van der Waals surface area contributed by atoms with Crippen molar-refractivity contribution in [1.82, 2.24) is 0 Å². The highest BCUT2D eigenvalue weighted by Gasteiger charge is 2.52. The number of ether oxygens (including phenoxy) is 4. The minimum atomic E-state index is -0.383. The SMILES string of the molecule is CCCC(/C=C/C1CCC2(OCC(C)(C)CO2)C1CCC1SCCS1)OC1CCCCO1. The van der Waals surface area contributed by atoms with Crippen LogP contribution in [0.1, 0.15) is 78.6 Å². The van der Waals surface area contributed by atoms with Gasteiger partial charge in [0.1, 0.15) is 0 Å². The van der Waals surface area contributed by atoms with Crippen LogP contribution in [-0.2, 0) is 18.9 Å². The van der Waals surface area contributed by atoms with Gasteiger partial charge in [-0.25, -0.2) is 0 Å². The Hall–Kier alpha value is 0.280. The zero-order chi connectivity index (χ0) is 22.4. The van der Waals surface area contributed by atoms with E-state index in [4.69, 9.17) is 18.9 Å². The predicted molar refractivity (Wildman–Crippen MR) is 135 cm³/mol. The van der Waals surface area contributed by atoms with E-state index in [1.807, 2.05) is 0 Å². The Kier molecular flexibility index (Phi) is 9.36. The lowest BCUT2D eigenvalue weighted by molar-refractivity contribution is -0.316. The van der Waals surface area contributed by atoms with Crippen molar-refractivity contribution in [2.45, 2.75) is 101 Å². The molecule has 0 aromatic heterocycles. The molecule has 0 aromatic rings. The van der Waals surface area contributed by atoms with Gasteiger partial charge in [-0.2, -0.15) is 0 Å². The van der Waals surface area contributed by atoms with Crippen molar-refractivity contribution in [3.05, 3.63) is 12.2 Å². The first-order valence-electron chi connectivity index (χ1n) is 13.0. The highest BCUT2D eigenvalue weighted by Crippen LogP contribution is 2.51. The summed E-state index contributed by atoms with van der Waals surface area (Å²) in [5.41, 5.74) is 0.112. The van der Waals surface area contributed by atoms with Gasteiger partial charge >= 0.3 is 0 Å². The maximum atomic E-state index is 6.55. The van der Waals surface area contributed by atoms with Gasteiger partial charge < -0.3 is 18.9 Å². The molecule has 4 fully saturated rings. The highest BCUT2D eigenvalue weighted by atomic mass is 32.2. The Morgan fingerprint density at radius 1 is 1.06 bits per heavy atom. The largest absolute Gasteiger partial charge is 0.353 e. The maximum absolute atomic E-state index is 6.55. The van der Waals surface area contributed by atoms with Crippen LogP contribution in [0.5, 0.6) is 0 Å². The summed E-state index contributed by atoms with van der Waals surface area (Å²) in [7, 11) is 0. The minimum Gasteiger partial charge on any atom is -0.353 e. The lowest BCUT2D eigenvalue weighted by Crippen LogP contribution is -2.50. The van der Waals surface area contributed by atoms with E-state index in [2.05, 4.69) is 56.4 Å². The van der Waals surface area contributed by atoms with Gasteiger partial charge in [-0.05, 0) is 50.9 Å². The summed E-state index contributed by atoms with van der Waals surface area (Å²) in [6.07, 6.45) is 15.1. The Morgan fingerprint density at radius 3 is 2.53 bits per heavy atom. The molecule has 6 heteroatoms. The van der Waals surface area contributed by atoms with Gasteiger partial charge in [0, 0.05) is 35.9 Å². The Balaban J connectivity index is 1.42. The molecule has 0 radical (unpaired) electrons. The Bertz CT molecular complexity index is 589. The van der Waals surface area contributed by atoms with Crippen LogP contribution < -0.4 is 0 Å². The summed E-state index contributed by atoms with van der Waals surface area (Å²) in [5.74, 6) is 3.16. The summed E-state index contributed by atoms with van der Waals surface area (Å²) in [5, 5.41) is 0. The molecule has 1 saturated carbocycles. The van der Waals surface area contributed by atoms with Crippen LogP contribution in [0.25, 0.3) is 0 Å². The molecular formula is C26H44O4S2. The second-order valence-electron chi connectivity index (χ2n) is 10.8. The zero-order valence-corrected chi connectivity index (χ0v) is 22.0. The number of thioether (sulfide) groups is 2. The van der Waals surface area contributed by atoms with Crippen molar-refractivity contribution >= 4 is 23.5 Å². The standard InChI is InChI=1S/C26H44O4S2/c1-4-7-21(30-23-8-5-6-15-27-23)10-9-20-13-14-26(28-18-25(2,3)19-29-26)22(20)11-12-24-31-16-17-32-24/h9-10,20-24H,4-8,11-19H2,1-3H3/b10-9+. The highest BCUT2D eigenvalue weighted by molar-refractivity contribution is 8.20. The molecule has 0 aromatic carbocycles. The van der Waals surface area contributed by atoms with Crippen molar-refractivity contribution in [3.63, 3.8) is 0 Å². The second-order valence-corrected chi connectivity index (χ2v) is 13.7. The van der Waals surface area contributed by atoms with E-state index >= 15 is 0 Å². The van der Waals surface area contributed by atoms with Crippen molar-refractivity contribution < 1.29 is 18.9 Å². The average Bonchev–Trinajstić information content (AvgIpc) is 3.42. The molecule has 4 atom stereocenters. The molecule has 0 N–H and O–H groups in total. The van der Waals surface area contributed by atoms with E-state index in [0.717, 1.165) is 62.9 Å². The summed E-state index contributed by atoms with van der Waals surface area (Å²) in [4.78, 5) is 0. The van der Waals surface area contributed by atoms with Gasteiger partial charge in [-0.1, -0.05) is 39.3 Å². The molecule has 1 spiro atoms. The summed E-state index contributed by atoms with van der Waals surface area (Å²) < 4.78 is 26.1. The number of allylic oxidation sites excluding steroid dienone is 1. The van der Waals surface area contributed by atoms with Gasteiger partial charge in [0.15, 0.2) is 12.1 Å². The zero-order valence-electron chi connectivity index (χ0n) is 20.4. The van der Waals surface area contributed by atoms with Gasteiger partial charge in [0.25, 0.3) is 0 Å². The van der Waals surface area contributed by atoms with Crippen LogP contribution in [0.15, 0.2) is 12.2 Å². The summed E-state index contributed by atoms with van der Waals surface area (Å²) in [6, 6.07) is 0. The van der Waals surface area contributed by atoms with Crippen molar-refractivity contribution in [1.29, 1.82) is 0 Å². The number of hydrogen-bond donors (Lipinski definition) is 0. The third-order valence-electron chi connectivity index (χ3n) is 7.34. The van der Waals surface area contributed by atoms with E-state index in [9.17, 15) is 0 Å². The van der Waals surface area contributed by atoms with Crippen molar-refractivity contribution in [2.24, 2.45) is 17.3 Å². The van der Waals surface area contributed by atoms with E-state index in [-0.39, 0.29) is 23.6 Å². The van der Waals surface area contributed by atoms with Crippen LogP contribution in [0.4, 0.5) is 0 Å². The monoisotopic (exact) mass is 484 g/mol. The van der Waals surface area contributed by atoms with E-state index in [1.165, 1.54) is 30.8 Å². The maximum Gasteiger partial charge on any atom is 0.171 e. The lowest BCUT2D eigenvalue weighted by atomic mass is 9.86. The van der Waals surface area contributed by atoms with E-state index < -0.39 is 0 Å². The molecule has 3 heterocycles. The molecule has 3 aliphatic heterocycles. The molecule has 4 nitrogen and oxygen atoms in total. The average molecular weight is 485 g/mol. The smallest absolute Gasteiger partial charge is 0.171 e. The topological polar surface area (TPSA) is 36.9 Å². The van der Waals surface area contributed by atoms with Crippen LogP contribution >= 0.6 is 23.5 Å². The Morgan fingerprint density at radius 2 is 1.84 bits per heavy atom. The molecule has 1 aliphatic carbocycles. The molecule has 0 bridgehead atoms. The molecule has 32 heavy (non-hydrogen) atoms. The fourth-order valence-electron chi connectivity index (χ4n) is 5.49.